The Labute approximate surface area is 206 Å². The highest BCUT2D eigenvalue weighted by Crippen LogP contribution is 2.28. The van der Waals surface area contributed by atoms with Crippen LogP contribution in [0.5, 0.6) is 11.5 Å². The molecule has 1 fully saturated rings. The van der Waals surface area contributed by atoms with Crippen LogP contribution in [0.4, 0.5) is 0 Å². The second-order valence-corrected chi connectivity index (χ2v) is 8.10. The van der Waals surface area contributed by atoms with Crippen molar-refractivity contribution in [2.24, 2.45) is 4.99 Å². The van der Waals surface area contributed by atoms with E-state index in [1.165, 1.54) is 4.88 Å². The third kappa shape index (κ3) is 7.81. The predicted molar refractivity (Wildman–Crippen MR) is 137 cm³/mol. The average molecular weight is 561 g/mol. The van der Waals surface area contributed by atoms with Crippen molar-refractivity contribution in [3.63, 3.8) is 0 Å². The molecule has 0 atom stereocenters. The Kier molecular flexibility index (Phi) is 11.4. The molecular weight excluding hydrogens is 527 g/mol. The monoisotopic (exact) mass is 560 g/mol. The van der Waals surface area contributed by atoms with Crippen molar-refractivity contribution in [2.75, 3.05) is 53.0 Å². The van der Waals surface area contributed by atoms with Gasteiger partial charge in [-0.05, 0) is 36.1 Å². The van der Waals surface area contributed by atoms with E-state index in [-0.39, 0.29) is 37.2 Å². The highest BCUT2D eigenvalue weighted by Gasteiger charge is 2.20. The average Bonchev–Trinajstić information content (AvgIpc) is 3.29. The molecule has 1 aromatic heterocycles. The van der Waals surface area contributed by atoms with Gasteiger partial charge in [0.15, 0.2) is 17.5 Å². The fourth-order valence-corrected chi connectivity index (χ4v) is 4.16. The lowest BCUT2D eigenvalue weighted by Gasteiger charge is -2.36. The summed E-state index contributed by atoms with van der Waals surface area (Å²) in [6, 6.07) is 10.1. The van der Waals surface area contributed by atoms with Crippen LogP contribution in [0.3, 0.4) is 0 Å². The first kappa shape index (κ1) is 25.7. The molecule has 9 heteroatoms. The molecular formula is C22H33IN4O3S. The molecule has 0 spiro atoms. The number of guanidine groups is 1. The zero-order valence-electron chi connectivity index (χ0n) is 18.2. The minimum atomic E-state index is -0.0260. The molecule has 3 rings (SSSR count). The minimum absolute atomic E-state index is 0. The van der Waals surface area contributed by atoms with Gasteiger partial charge in [-0.3, -0.25) is 4.90 Å². The van der Waals surface area contributed by atoms with Gasteiger partial charge in [-0.15, -0.1) is 35.3 Å². The molecule has 0 saturated carbocycles. The first-order chi connectivity index (χ1) is 14.7. The number of benzene rings is 1. The molecule has 0 bridgehead atoms. The van der Waals surface area contributed by atoms with Crippen LogP contribution in [0.25, 0.3) is 0 Å². The van der Waals surface area contributed by atoms with Gasteiger partial charge in [0.1, 0.15) is 6.61 Å². The van der Waals surface area contributed by atoms with E-state index in [0.717, 1.165) is 50.8 Å². The lowest BCUT2D eigenvalue weighted by molar-refractivity contribution is 0.173. The highest BCUT2D eigenvalue weighted by atomic mass is 127. The molecule has 1 saturated heterocycles. The van der Waals surface area contributed by atoms with E-state index >= 15 is 0 Å². The number of aliphatic hydroxyl groups is 1. The number of halogens is 1. The zero-order chi connectivity index (χ0) is 21.2. The molecule has 2 heterocycles. The topological polar surface area (TPSA) is 69.6 Å². The van der Waals surface area contributed by atoms with Gasteiger partial charge in [-0.2, -0.15) is 0 Å². The lowest BCUT2D eigenvalue weighted by Crippen LogP contribution is -2.52. The largest absolute Gasteiger partial charge is 0.493 e. The first-order valence-electron chi connectivity index (χ1n) is 10.4. The van der Waals surface area contributed by atoms with E-state index in [4.69, 9.17) is 19.6 Å². The van der Waals surface area contributed by atoms with Gasteiger partial charge in [-0.1, -0.05) is 12.1 Å². The Morgan fingerprint density at radius 2 is 2.00 bits per heavy atom. The smallest absolute Gasteiger partial charge is 0.194 e. The molecule has 1 aliphatic rings. The van der Waals surface area contributed by atoms with Crippen LogP contribution in [-0.4, -0.2) is 73.9 Å². The van der Waals surface area contributed by atoms with Crippen LogP contribution in [0.15, 0.2) is 40.7 Å². The van der Waals surface area contributed by atoms with Gasteiger partial charge >= 0.3 is 0 Å². The number of rotatable bonds is 9. The normalized spacial score (nSPS) is 14.8. The molecule has 0 unspecified atom stereocenters. The van der Waals surface area contributed by atoms with Crippen molar-refractivity contribution in [3.05, 3.63) is 46.2 Å². The van der Waals surface area contributed by atoms with Crippen LogP contribution in [0.1, 0.15) is 17.4 Å². The molecule has 1 aliphatic heterocycles. The quantitative estimate of drug-likeness (QED) is 0.279. The number of hydrogen-bond acceptors (Lipinski definition) is 6. The third-order valence-corrected chi connectivity index (χ3v) is 5.82. The highest BCUT2D eigenvalue weighted by molar-refractivity contribution is 14.0. The number of nitrogens with one attached hydrogen (secondary N) is 1. The van der Waals surface area contributed by atoms with Crippen LogP contribution in [-0.2, 0) is 13.1 Å². The van der Waals surface area contributed by atoms with Crippen LogP contribution >= 0.6 is 35.3 Å². The number of nitrogens with zero attached hydrogens (tertiary/aromatic N) is 3. The second kappa shape index (κ2) is 13.8. The number of hydrogen-bond donors (Lipinski definition) is 2. The summed E-state index contributed by atoms with van der Waals surface area (Å²) < 4.78 is 10.9. The molecule has 0 aliphatic carbocycles. The van der Waals surface area contributed by atoms with Crippen LogP contribution < -0.4 is 14.8 Å². The van der Waals surface area contributed by atoms with E-state index in [2.05, 4.69) is 39.6 Å². The molecule has 2 N–H and O–H groups in total. The van der Waals surface area contributed by atoms with E-state index in [0.29, 0.717) is 18.0 Å². The summed E-state index contributed by atoms with van der Waals surface area (Å²) >= 11 is 1.82. The maximum absolute atomic E-state index is 8.95. The van der Waals surface area contributed by atoms with Crippen molar-refractivity contribution in [2.45, 2.75) is 20.0 Å². The molecule has 0 amide bonds. The van der Waals surface area contributed by atoms with Gasteiger partial charge in [0.25, 0.3) is 0 Å². The Hall–Kier alpha value is -1.56. The number of piperazine rings is 1. The van der Waals surface area contributed by atoms with E-state index in [1.807, 2.05) is 29.5 Å². The number of ether oxygens (including phenoxy) is 2. The summed E-state index contributed by atoms with van der Waals surface area (Å²) in [6.07, 6.45) is 0. The third-order valence-electron chi connectivity index (χ3n) is 4.95. The Morgan fingerprint density at radius 1 is 1.19 bits per heavy atom. The minimum Gasteiger partial charge on any atom is -0.493 e. The van der Waals surface area contributed by atoms with E-state index in [9.17, 15) is 0 Å². The van der Waals surface area contributed by atoms with E-state index in [1.54, 1.807) is 7.11 Å². The summed E-state index contributed by atoms with van der Waals surface area (Å²) in [7, 11) is 1.62. The maximum atomic E-state index is 8.95. The van der Waals surface area contributed by atoms with Gasteiger partial charge in [0, 0.05) is 44.1 Å². The summed E-state index contributed by atoms with van der Waals surface area (Å²) in [5.41, 5.74) is 1.05. The van der Waals surface area contributed by atoms with Gasteiger partial charge in [-0.25, -0.2) is 4.99 Å². The van der Waals surface area contributed by atoms with Crippen molar-refractivity contribution in [3.8, 4) is 11.5 Å². The summed E-state index contributed by atoms with van der Waals surface area (Å²) in [4.78, 5) is 11.1. The maximum Gasteiger partial charge on any atom is 0.194 e. The standard InChI is InChI=1S/C22H32N4O3S.HI/c1-3-23-22(26-10-8-25(9-11-26)17-19-5-4-14-30-19)24-16-18-6-7-20(29-13-12-27)21(15-18)28-2;/h4-7,14-15,27H,3,8-13,16-17H2,1-2H3,(H,23,24);1H. The number of aliphatic imine (C=N–C) groups is 1. The Balaban J connectivity index is 0.00000341. The zero-order valence-corrected chi connectivity index (χ0v) is 21.4. The summed E-state index contributed by atoms with van der Waals surface area (Å²) in [5, 5.41) is 14.5. The number of methoxy groups -OCH3 is 1. The molecule has 2 aromatic rings. The molecule has 7 nitrogen and oxygen atoms in total. The second-order valence-electron chi connectivity index (χ2n) is 7.07. The molecule has 1 aromatic carbocycles. The molecule has 172 valence electrons. The predicted octanol–water partition coefficient (Wildman–Crippen LogP) is 3.03. The van der Waals surface area contributed by atoms with Crippen molar-refractivity contribution in [1.29, 1.82) is 0 Å². The van der Waals surface area contributed by atoms with E-state index < -0.39 is 0 Å². The number of thiophene rings is 1. The van der Waals surface area contributed by atoms with Crippen molar-refractivity contribution in [1.82, 2.24) is 15.1 Å². The fraction of sp³-hybridized carbons (Fsp3) is 0.500. The summed E-state index contributed by atoms with van der Waals surface area (Å²) in [5.74, 6) is 2.24. The Bertz CT molecular complexity index is 796. The first-order valence-corrected chi connectivity index (χ1v) is 11.3. The van der Waals surface area contributed by atoms with Gasteiger partial charge in [0.2, 0.25) is 0 Å². The molecule has 0 radical (unpaired) electrons. The van der Waals surface area contributed by atoms with Crippen molar-refractivity contribution < 1.29 is 14.6 Å². The molecule has 31 heavy (non-hydrogen) atoms. The van der Waals surface area contributed by atoms with Crippen LogP contribution in [0.2, 0.25) is 0 Å². The van der Waals surface area contributed by atoms with Gasteiger partial charge < -0.3 is 24.8 Å². The Morgan fingerprint density at radius 3 is 2.65 bits per heavy atom. The SMILES string of the molecule is CCNC(=NCc1ccc(OCCO)c(OC)c1)N1CCN(Cc2cccs2)CC1.I. The lowest BCUT2D eigenvalue weighted by atomic mass is 10.2. The van der Waals surface area contributed by atoms with Crippen LogP contribution in [0, 0.1) is 0 Å². The fourth-order valence-electron chi connectivity index (χ4n) is 3.42. The van der Waals surface area contributed by atoms with Crippen molar-refractivity contribution >= 4 is 41.3 Å². The number of aliphatic hydroxyl groups excluding tert-OH is 1. The summed E-state index contributed by atoms with van der Waals surface area (Å²) in [6.45, 7) is 8.75. The van der Waals surface area contributed by atoms with Gasteiger partial charge in [0.05, 0.1) is 20.3 Å².